The smallest absolute Gasteiger partial charge is 0.279 e. The number of hydrogen-bond donors (Lipinski definition) is 2. The number of amides is 1. The minimum atomic E-state index is -0.524. The van der Waals surface area contributed by atoms with Crippen LogP contribution in [-0.4, -0.2) is 36.8 Å². The number of ether oxygens (including phenoxy) is 2. The highest BCUT2D eigenvalue weighted by Crippen LogP contribution is 2.41. The van der Waals surface area contributed by atoms with Crippen LogP contribution in [0.3, 0.4) is 0 Å². The van der Waals surface area contributed by atoms with Crippen molar-refractivity contribution < 1.29 is 19.1 Å². The number of amidine groups is 1. The van der Waals surface area contributed by atoms with Crippen molar-refractivity contribution in [3.8, 4) is 11.5 Å². The first kappa shape index (κ1) is 25.6. The lowest BCUT2D eigenvalue weighted by molar-refractivity contribution is 0.0921. The van der Waals surface area contributed by atoms with Gasteiger partial charge in [-0.1, -0.05) is 43.7 Å². The van der Waals surface area contributed by atoms with Crippen LogP contribution in [-0.2, 0) is 6.42 Å². The van der Waals surface area contributed by atoms with Crippen molar-refractivity contribution in [1.29, 1.82) is 0 Å². The van der Waals surface area contributed by atoms with Gasteiger partial charge in [0.25, 0.3) is 5.91 Å². The molecule has 33 heavy (non-hydrogen) atoms. The van der Waals surface area contributed by atoms with E-state index in [0.717, 1.165) is 11.1 Å². The van der Waals surface area contributed by atoms with Gasteiger partial charge in [0, 0.05) is 30.2 Å². The van der Waals surface area contributed by atoms with E-state index < -0.39 is 11.5 Å². The van der Waals surface area contributed by atoms with Crippen LogP contribution in [0.25, 0.3) is 0 Å². The van der Waals surface area contributed by atoms with E-state index in [1.54, 1.807) is 37.5 Å². The molecule has 0 atom stereocenters. The molecule has 0 saturated carbocycles. The van der Waals surface area contributed by atoms with Crippen molar-refractivity contribution in [2.45, 2.75) is 46.6 Å². The lowest BCUT2D eigenvalue weighted by atomic mass is 9.99. The van der Waals surface area contributed by atoms with Gasteiger partial charge in [0.05, 0.1) is 0 Å². The summed E-state index contributed by atoms with van der Waals surface area (Å²) < 4.78 is 11.8. The van der Waals surface area contributed by atoms with Gasteiger partial charge in [-0.05, 0) is 45.2 Å². The van der Waals surface area contributed by atoms with E-state index in [1.807, 2.05) is 46.8 Å². The fourth-order valence-corrected chi connectivity index (χ4v) is 3.25. The number of fused-ring (bicyclic) bond motifs is 1. The van der Waals surface area contributed by atoms with Gasteiger partial charge in [0.2, 0.25) is 0 Å². The third kappa shape index (κ3) is 6.94. The molecule has 2 aromatic carbocycles. The summed E-state index contributed by atoms with van der Waals surface area (Å²) in [4.78, 5) is 29.1. The molecule has 1 amide bonds. The lowest BCUT2D eigenvalue weighted by Gasteiger charge is -2.16. The fourth-order valence-electron chi connectivity index (χ4n) is 3.25. The Morgan fingerprint density at radius 3 is 2.48 bits per heavy atom. The van der Waals surface area contributed by atoms with Crippen LogP contribution in [0.2, 0.25) is 0 Å². The molecule has 0 fully saturated rings. The molecule has 7 heteroatoms. The zero-order valence-electron chi connectivity index (χ0n) is 20.2. The maximum absolute atomic E-state index is 12.6. The first-order valence-electron chi connectivity index (χ1n) is 11.0. The number of hydrogen-bond acceptors (Lipinski definition) is 5. The fraction of sp³-hybridized carbons (Fsp3) is 0.346. The molecule has 0 bridgehead atoms. The normalized spacial score (nSPS) is 14.1. The summed E-state index contributed by atoms with van der Waals surface area (Å²) in [6.45, 7) is 9.72. The van der Waals surface area contributed by atoms with E-state index in [2.05, 4.69) is 10.3 Å². The summed E-state index contributed by atoms with van der Waals surface area (Å²) in [7, 11) is 1.71. The second-order valence-electron chi connectivity index (χ2n) is 8.03. The minimum absolute atomic E-state index is 0.0677. The van der Waals surface area contributed by atoms with Gasteiger partial charge in [0.15, 0.2) is 12.4 Å². The molecular formula is C26H33N3O4. The monoisotopic (exact) mass is 451 g/mol. The zero-order valence-corrected chi connectivity index (χ0v) is 20.2. The van der Waals surface area contributed by atoms with Crippen LogP contribution in [0.4, 0.5) is 0 Å². The molecule has 7 nitrogen and oxygen atoms in total. The average molecular weight is 452 g/mol. The maximum atomic E-state index is 12.6. The molecule has 176 valence electrons. The minimum Gasteiger partial charge on any atom is -0.487 e. The quantitative estimate of drug-likeness (QED) is 0.371. The maximum Gasteiger partial charge on any atom is 0.279 e. The van der Waals surface area contributed by atoms with E-state index in [-0.39, 0.29) is 23.8 Å². The molecule has 0 radical (unpaired) electrons. The second kappa shape index (κ2) is 11.3. The highest BCUT2D eigenvalue weighted by atomic mass is 16.5. The number of aryl methyl sites for hydroxylation is 1. The van der Waals surface area contributed by atoms with E-state index in [4.69, 9.17) is 15.2 Å². The van der Waals surface area contributed by atoms with E-state index in [0.29, 0.717) is 23.5 Å². The molecule has 1 heterocycles. The number of nitrogens with one attached hydrogen (secondary N) is 1. The summed E-state index contributed by atoms with van der Waals surface area (Å²) in [6.07, 6.45) is 3.66. The molecule has 3 rings (SSSR count). The van der Waals surface area contributed by atoms with Gasteiger partial charge in [-0.3, -0.25) is 9.59 Å². The Morgan fingerprint density at radius 1 is 1.18 bits per heavy atom. The van der Waals surface area contributed by atoms with Gasteiger partial charge in [-0.15, -0.1) is 0 Å². The van der Waals surface area contributed by atoms with Gasteiger partial charge in [0.1, 0.15) is 22.9 Å². The van der Waals surface area contributed by atoms with E-state index in [1.165, 1.54) is 6.08 Å². The molecule has 2 aromatic rings. The van der Waals surface area contributed by atoms with Crippen molar-refractivity contribution in [1.82, 2.24) is 5.32 Å². The largest absolute Gasteiger partial charge is 0.487 e. The van der Waals surface area contributed by atoms with Gasteiger partial charge < -0.3 is 20.5 Å². The van der Waals surface area contributed by atoms with Crippen LogP contribution < -0.4 is 20.5 Å². The number of nitrogens with zero attached hydrogens (tertiary/aromatic N) is 1. The molecule has 1 aliphatic heterocycles. The highest BCUT2D eigenvalue weighted by molar-refractivity contribution is 6.06. The first-order valence-corrected chi connectivity index (χ1v) is 11.0. The van der Waals surface area contributed by atoms with Crippen LogP contribution in [0.15, 0.2) is 53.7 Å². The third-order valence-corrected chi connectivity index (χ3v) is 4.79. The predicted octanol–water partition coefficient (Wildman–Crippen LogP) is 4.23. The summed E-state index contributed by atoms with van der Waals surface area (Å²) in [5, 5.41) is 2.78. The number of rotatable bonds is 7. The Bertz CT molecular complexity index is 1050. The number of nitrogens with two attached hydrogens (primary N) is 1. The molecule has 0 unspecified atom stereocenters. The van der Waals surface area contributed by atoms with Crippen LogP contribution >= 0.6 is 0 Å². The van der Waals surface area contributed by atoms with Crippen molar-refractivity contribution in [2.75, 3.05) is 13.7 Å². The Labute approximate surface area is 195 Å². The standard InChI is InChI=1S/C24H27N3O4.C2H6/c1-15-5-7-16(8-6-15)19(28)14-30-20-11-17(23(29)27-22(25)9-10-26-4)12-21-18(20)13-24(2,3)31-21;1-2/h5-12,26H,13-14H2,1-4H3,(H2,25,27,29);1-2H3/b10-9-;. The summed E-state index contributed by atoms with van der Waals surface area (Å²) in [5.41, 5.74) is 8.06. The molecule has 0 aliphatic carbocycles. The Balaban J connectivity index is 0.00000187. The number of Topliss-reactive ketones (excluding diaryl/α,β-unsaturated/α-hetero) is 1. The van der Waals surface area contributed by atoms with Crippen molar-refractivity contribution in [3.63, 3.8) is 0 Å². The average Bonchev–Trinajstić information content (AvgIpc) is 3.11. The predicted molar refractivity (Wildman–Crippen MR) is 131 cm³/mol. The van der Waals surface area contributed by atoms with Crippen molar-refractivity contribution in [3.05, 3.63) is 70.9 Å². The molecule has 3 N–H and O–H groups in total. The van der Waals surface area contributed by atoms with Crippen LogP contribution in [0.1, 0.15) is 59.5 Å². The topological polar surface area (TPSA) is 103 Å². The number of carbonyl (C=O) groups is 2. The third-order valence-electron chi connectivity index (χ3n) is 4.79. The Hall–Kier alpha value is -3.61. The van der Waals surface area contributed by atoms with E-state index >= 15 is 0 Å². The second-order valence-corrected chi connectivity index (χ2v) is 8.03. The summed E-state index contributed by atoms with van der Waals surface area (Å²) >= 11 is 0. The van der Waals surface area contributed by atoms with E-state index in [9.17, 15) is 9.59 Å². The van der Waals surface area contributed by atoms with Crippen LogP contribution in [0, 0.1) is 6.92 Å². The first-order chi connectivity index (χ1) is 15.7. The van der Waals surface area contributed by atoms with Crippen LogP contribution in [0.5, 0.6) is 11.5 Å². The molecule has 0 aromatic heterocycles. The number of ketones is 1. The summed E-state index contributed by atoms with van der Waals surface area (Å²) in [6, 6.07) is 10.5. The molecule has 1 aliphatic rings. The van der Waals surface area contributed by atoms with Crippen molar-refractivity contribution in [2.24, 2.45) is 10.7 Å². The molecule has 0 saturated heterocycles. The Kier molecular flexibility index (Phi) is 8.79. The molecule has 0 spiro atoms. The lowest BCUT2D eigenvalue weighted by Crippen LogP contribution is -2.24. The Morgan fingerprint density at radius 2 is 1.85 bits per heavy atom. The summed E-state index contributed by atoms with van der Waals surface area (Å²) in [5.74, 6) is 0.380. The highest BCUT2D eigenvalue weighted by Gasteiger charge is 2.34. The number of benzene rings is 2. The molecular weight excluding hydrogens is 418 g/mol. The van der Waals surface area contributed by atoms with Crippen molar-refractivity contribution >= 4 is 17.5 Å². The SMILES string of the molecule is CC.CN/C=C\C(N)=NC(=O)c1cc(OCC(=O)c2ccc(C)cc2)c2c(c1)OC(C)(C)C2. The van der Waals surface area contributed by atoms with Gasteiger partial charge in [-0.2, -0.15) is 4.99 Å². The van der Waals surface area contributed by atoms with Gasteiger partial charge in [-0.25, -0.2) is 0 Å². The number of carbonyl (C=O) groups excluding carboxylic acids is 2. The zero-order chi connectivity index (χ0) is 24.6. The van der Waals surface area contributed by atoms with Gasteiger partial charge >= 0.3 is 0 Å². The number of aliphatic imine (C=N–C) groups is 1.